The summed E-state index contributed by atoms with van der Waals surface area (Å²) in [7, 11) is 0. The van der Waals surface area contributed by atoms with Gasteiger partial charge in [-0.3, -0.25) is 4.79 Å². The van der Waals surface area contributed by atoms with Gasteiger partial charge in [-0.1, -0.05) is 6.42 Å². The van der Waals surface area contributed by atoms with Crippen LogP contribution >= 0.6 is 12.4 Å². The predicted molar refractivity (Wildman–Crippen MR) is 83.2 cm³/mol. The van der Waals surface area contributed by atoms with Gasteiger partial charge in [0.1, 0.15) is 0 Å². The van der Waals surface area contributed by atoms with Gasteiger partial charge in [0.15, 0.2) is 0 Å². The second-order valence-electron chi connectivity index (χ2n) is 7.43. The molecule has 5 heteroatoms. The Morgan fingerprint density at radius 2 is 1.76 bits per heavy atom. The van der Waals surface area contributed by atoms with E-state index in [2.05, 4.69) is 5.32 Å². The Labute approximate surface area is 133 Å². The highest BCUT2D eigenvalue weighted by molar-refractivity contribution is 5.85. The van der Waals surface area contributed by atoms with Gasteiger partial charge in [-0.2, -0.15) is 0 Å². The molecule has 2 aliphatic heterocycles. The van der Waals surface area contributed by atoms with Crippen LogP contribution in [0.25, 0.3) is 0 Å². The molecule has 0 aromatic carbocycles. The molecule has 4 nitrogen and oxygen atoms in total. The summed E-state index contributed by atoms with van der Waals surface area (Å²) in [4.78, 5) is 12.6. The maximum atomic E-state index is 12.6. The average molecular weight is 315 g/mol. The monoisotopic (exact) mass is 314 g/mol. The highest BCUT2D eigenvalue weighted by Crippen LogP contribution is 2.42. The number of nitrogens with two attached hydrogens (primary N) is 1. The first-order valence-electron chi connectivity index (χ1n) is 8.42. The Bertz CT molecular complexity index is 392. The van der Waals surface area contributed by atoms with Crippen LogP contribution in [-0.2, 0) is 9.53 Å². The molecule has 2 heterocycles. The van der Waals surface area contributed by atoms with Crippen molar-refractivity contribution in [2.24, 2.45) is 23.5 Å². The molecule has 0 spiro atoms. The van der Waals surface area contributed by atoms with Crippen molar-refractivity contribution in [3.8, 4) is 0 Å². The lowest BCUT2D eigenvalue weighted by Crippen LogP contribution is -2.55. The lowest BCUT2D eigenvalue weighted by Gasteiger charge is -2.45. The minimum atomic E-state index is 0. The molecule has 4 rings (SSSR count). The maximum Gasteiger partial charge on any atom is 0.226 e. The number of hydrogen-bond acceptors (Lipinski definition) is 3. The molecule has 120 valence electrons. The molecule has 5 atom stereocenters. The van der Waals surface area contributed by atoms with Crippen LogP contribution < -0.4 is 11.1 Å². The van der Waals surface area contributed by atoms with Crippen LogP contribution in [0.3, 0.4) is 0 Å². The fraction of sp³-hybridized carbons (Fsp3) is 0.938. The molecule has 0 radical (unpaired) electrons. The highest BCUT2D eigenvalue weighted by Gasteiger charge is 2.46. The van der Waals surface area contributed by atoms with Crippen molar-refractivity contribution in [3.05, 3.63) is 0 Å². The third-order valence-electron chi connectivity index (χ3n) is 6.13. The third kappa shape index (κ3) is 2.82. The minimum Gasteiger partial charge on any atom is -0.374 e. The number of ether oxygens (including phenoxy) is 1. The van der Waals surface area contributed by atoms with Gasteiger partial charge in [0.05, 0.1) is 18.1 Å². The molecule has 21 heavy (non-hydrogen) atoms. The summed E-state index contributed by atoms with van der Waals surface area (Å²) in [6, 6.07) is 0.736. The molecule has 4 fully saturated rings. The molecule has 2 aliphatic carbocycles. The first-order chi connectivity index (χ1) is 9.70. The summed E-state index contributed by atoms with van der Waals surface area (Å²) >= 11 is 0. The SMILES string of the molecule is Cl.NC1CC2CCCC(C1)C2NC(=O)C1CC2CCC1O2. The number of halogens is 1. The van der Waals surface area contributed by atoms with E-state index in [0.717, 1.165) is 32.1 Å². The fourth-order valence-corrected chi connectivity index (χ4v) is 5.21. The second kappa shape index (κ2) is 6.05. The van der Waals surface area contributed by atoms with Crippen molar-refractivity contribution in [2.75, 3.05) is 0 Å². The van der Waals surface area contributed by atoms with Crippen molar-refractivity contribution in [3.63, 3.8) is 0 Å². The van der Waals surface area contributed by atoms with Crippen molar-refractivity contribution in [1.29, 1.82) is 0 Å². The number of rotatable bonds is 2. The van der Waals surface area contributed by atoms with Crippen LogP contribution in [0.2, 0.25) is 0 Å². The first-order valence-corrected chi connectivity index (χ1v) is 8.42. The van der Waals surface area contributed by atoms with E-state index in [1.807, 2.05) is 0 Å². The molecule has 0 aromatic rings. The third-order valence-corrected chi connectivity index (χ3v) is 6.13. The van der Waals surface area contributed by atoms with E-state index in [-0.39, 0.29) is 30.3 Å². The minimum absolute atomic E-state index is 0. The average Bonchev–Trinajstić information content (AvgIpc) is 3.02. The Hall–Kier alpha value is -0.320. The normalized spacial score (nSPS) is 47.8. The molecular formula is C16H27ClN2O2. The summed E-state index contributed by atoms with van der Waals surface area (Å²) in [5, 5.41) is 3.39. The summed E-state index contributed by atoms with van der Waals surface area (Å²) in [6.07, 6.45) is 9.70. The summed E-state index contributed by atoms with van der Waals surface area (Å²) in [5.74, 6) is 1.60. The van der Waals surface area contributed by atoms with Gasteiger partial charge in [-0.05, 0) is 56.8 Å². The van der Waals surface area contributed by atoms with Crippen molar-refractivity contribution >= 4 is 18.3 Å². The van der Waals surface area contributed by atoms with E-state index < -0.39 is 0 Å². The number of carbonyl (C=O) groups excluding carboxylic acids is 1. The smallest absolute Gasteiger partial charge is 0.226 e. The Balaban J connectivity index is 0.00000132. The van der Waals surface area contributed by atoms with Crippen LogP contribution in [0.15, 0.2) is 0 Å². The van der Waals surface area contributed by atoms with Crippen LogP contribution in [0.5, 0.6) is 0 Å². The van der Waals surface area contributed by atoms with E-state index in [1.165, 1.54) is 19.3 Å². The zero-order valence-corrected chi connectivity index (χ0v) is 13.3. The zero-order chi connectivity index (χ0) is 13.7. The predicted octanol–water partition coefficient (Wildman–Crippen LogP) is 2.00. The second-order valence-corrected chi connectivity index (χ2v) is 7.43. The summed E-state index contributed by atoms with van der Waals surface area (Å²) in [6.45, 7) is 0. The number of carbonyl (C=O) groups is 1. The molecule has 2 saturated heterocycles. The molecular weight excluding hydrogens is 288 g/mol. The van der Waals surface area contributed by atoms with Gasteiger partial charge in [-0.15, -0.1) is 12.4 Å². The van der Waals surface area contributed by atoms with Gasteiger partial charge < -0.3 is 15.8 Å². The molecule has 5 unspecified atom stereocenters. The summed E-state index contributed by atoms with van der Waals surface area (Å²) in [5.41, 5.74) is 6.16. The van der Waals surface area contributed by atoms with E-state index in [0.29, 0.717) is 30.0 Å². The molecule has 1 amide bonds. The van der Waals surface area contributed by atoms with Gasteiger partial charge >= 0.3 is 0 Å². The number of hydrogen-bond donors (Lipinski definition) is 2. The molecule has 4 aliphatic rings. The molecule has 4 bridgehead atoms. The lowest BCUT2D eigenvalue weighted by atomic mass is 9.67. The molecule has 2 saturated carbocycles. The Kier molecular flexibility index (Phi) is 4.49. The van der Waals surface area contributed by atoms with Crippen molar-refractivity contribution in [1.82, 2.24) is 5.32 Å². The van der Waals surface area contributed by atoms with Gasteiger partial charge in [0.2, 0.25) is 5.91 Å². The molecule has 3 N–H and O–H groups in total. The quantitative estimate of drug-likeness (QED) is 0.819. The van der Waals surface area contributed by atoms with E-state index in [1.54, 1.807) is 0 Å². The van der Waals surface area contributed by atoms with Gasteiger partial charge in [-0.25, -0.2) is 0 Å². The standard InChI is InChI=1S/C16H26N2O2.ClH/c17-11-6-9-2-1-3-10(7-11)15(9)18-16(19)13-8-12-4-5-14(13)20-12;/h9-15H,1-8,17H2,(H,18,19);1H. The van der Waals surface area contributed by atoms with Gasteiger partial charge in [0, 0.05) is 12.1 Å². The largest absolute Gasteiger partial charge is 0.374 e. The molecule has 0 aromatic heterocycles. The Morgan fingerprint density at radius 1 is 1.05 bits per heavy atom. The van der Waals surface area contributed by atoms with Crippen LogP contribution in [-0.4, -0.2) is 30.2 Å². The first kappa shape index (κ1) is 15.6. The summed E-state index contributed by atoms with van der Waals surface area (Å²) < 4.78 is 5.83. The van der Waals surface area contributed by atoms with Crippen LogP contribution in [0.4, 0.5) is 0 Å². The van der Waals surface area contributed by atoms with Crippen molar-refractivity contribution in [2.45, 2.75) is 75.7 Å². The lowest BCUT2D eigenvalue weighted by molar-refractivity contribution is -0.128. The van der Waals surface area contributed by atoms with Crippen LogP contribution in [0.1, 0.15) is 51.4 Å². The zero-order valence-electron chi connectivity index (χ0n) is 12.5. The van der Waals surface area contributed by atoms with Gasteiger partial charge in [0.25, 0.3) is 0 Å². The van der Waals surface area contributed by atoms with Crippen molar-refractivity contribution < 1.29 is 9.53 Å². The van der Waals surface area contributed by atoms with E-state index >= 15 is 0 Å². The maximum absolute atomic E-state index is 12.6. The Morgan fingerprint density at radius 3 is 2.33 bits per heavy atom. The number of nitrogens with one attached hydrogen (secondary N) is 1. The van der Waals surface area contributed by atoms with E-state index in [9.17, 15) is 4.79 Å². The number of amides is 1. The highest BCUT2D eigenvalue weighted by atomic mass is 35.5. The van der Waals surface area contributed by atoms with E-state index in [4.69, 9.17) is 10.5 Å². The van der Waals surface area contributed by atoms with Crippen LogP contribution in [0, 0.1) is 17.8 Å². The topological polar surface area (TPSA) is 64.3 Å². The fourth-order valence-electron chi connectivity index (χ4n) is 5.21. The number of fused-ring (bicyclic) bond motifs is 4.